The minimum Gasteiger partial charge on any atom is -0.365 e. The molecule has 4 aromatic rings. The highest BCUT2D eigenvalue weighted by molar-refractivity contribution is 5.88. The molecule has 0 spiro atoms. The number of aryl methyl sites for hydroxylation is 2. The summed E-state index contributed by atoms with van der Waals surface area (Å²) in [7, 11) is 1.51. The summed E-state index contributed by atoms with van der Waals surface area (Å²) in [6.45, 7) is 4.68. The van der Waals surface area contributed by atoms with Gasteiger partial charge in [0.25, 0.3) is 5.91 Å². The number of pyridine rings is 1. The van der Waals surface area contributed by atoms with Crippen LogP contribution in [0.4, 0.5) is 22.0 Å². The fraction of sp³-hybridized carbons (Fsp3) is 0.304. The van der Waals surface area contributed by atoms with Gasteiger partial charge < -0.3 is 20.3 Å². The number of carbonyl (C=O) groups is 1. The van der Waals surface area contributed by atoms with Gasteiger partial charge in [0.15, 0.2) is 23.1 Å². The van der Waals surface area contributed by atoms with Gasteiger partial charge in [0, 0.05) is 43.4 Å². The molecule has 36 heavy (non-hydrogen) atoms. The number of H-pyrrole nitrogens is 1. The smallest absolute Gasteiger partial charge is 0.256 e. The monoisotopic (exact) mass is 492 g/mol. The van der Waals surface area contributed by atoms with Crippen molar-refractivity contribution < 1.29 is 13.9 Å². The maximum atomic E-state index is 13.2. The average Bonchev–Trinajstić information content (AvgIpc) is 3.45. The molecule has 1 amide bonds. The molecule has 12 nitrogen and oxygen atoms in total. The number of ether oxygens (including phenoxy) is 1. The first-order chi connectivity index (χ1) is 17.3. The minimum absolute atomic E-state index is 0.238. The summed E-state index contributed by atoms with van der Waals surface area (Å²) in [5, 5.41) is 17.0. The van der Waals surface area contributed by atoms with Gasteiger partial charge in [-0.15, -0.1) is 0 Å². The SMILES string of the molecule is COC1(C(=O)NCc2ccc(-n3cc(F)cn3)nc2)CN(c2nc(C)cc(Nc3cc(C)[nH]n3)n2)C1. The fourth-order valence-corrected chi connectivity index (χ4v) is 3.88. The van der Waals surface area contributed by atoms with Crippen molar-refractivity contribution in [3.8, 4) is 5.82 Å². The Balaban J connectivity index is 1.20. The molecule has 1 saturated heterocycles. The van der Waals surface area contributed by atoms with E-state index < -0.39 is 11.4 Å². The Morgan fingerprint density at radius 3 is 2.67 bits per heavy atom. The number of hydrogen-bond donors (Lipinski definition) is 3. The van der Waals surface area contributed by atoms with Crippen molar-refractivity contribution >= 4 is 23.5 Å². The number of amides is 1. The predicted octanol–water partition coefficient (Wildman–Crippen LogP) is 1.80. The van der Waals surface area contributed by atoms with Gasteiger partial charge in [-0.25, -0.2) is 19.0 Å². The number of aromatic amines is 1. The van der Waals surface area contributed by atoms with Crippen LogP contribution in [-0.4, -0.2) is 66.6 Å². The second-order valence-electron chi connectivity index (χ2n) is 8.62. The van der Waals surface area contributed by atoms with Gasteiger partial charge in [-0.3, -0.25) is 9.89 Å². The highest BCUT2D eigenvalue weighted by Crippen LogP contribution is 2.30. The Kier molecular flexibility index (Phi) is 6.06. The number of aromatic nitrogens is 7. The van der Waals surface area contributed by atoms with Crippen molar-refractivity contribution in [3.63, 3.8) is 0 Å². The summed E-state index contributed by atoms with van der Waals surface area (Å²) in [4.78, 5) is 28.2. The van der Waals surface area contributed by atoms with Crippen LogP contribution in [0.5, 0.6) is 0 Å². The molecule has 5 heterocycles. The molecule has 0 atom stereocenters. The first-order valence-electron chi connectivity index (χ1n) is 11.2. The molecule has 1 aliphatic rings. The number of rotatable bonds is 8. The molecular weight excluding hydrogens is 467 g/mol. The molecule has 5 rings (SSSR count). The number of methoxy groups -OCH3 is 1. The summed E-state index contributed by atoms with van der Waals surface area (Å²) < 4.78 is 20.1. The molecule has 3 N–H and O–H groups in total. The quantitative estimate of drug-likeness (QED) is 0.336. The van der Waals surface area contributed by atoms with E-state index in [2.05, 4.69) is 40.9 Å². The molecule has 13 heteroatoms. The highest BCUT2D eigenvalue weighted by atomic mass is 19.1. The Labute approximate surface area is 205 Å². The van der Waals surface area contributed by atoms with Crippen LogP contribution in [-0.2, 0) is 16.1 Å². The highest BCUT2D eigenvalue weighted by Gasteiger charge is 2.51. The topological polar surface area (TPSA) is 139 Å². The Bertz CT molecular complexity index is 1380. The van der Waals surface area contributed by atoms with Gasteiger partial charge in [0.05, 0.1) is 25.5 Å². The minimum atomic E-state index is -1.01. The van der Waals surface area contributed by atoms with Crippen LogP contribution in [0.3, 0.4) is 0 Å². The van der Waals surface area contributed by atoms with E-state index in [9.17, 15) is 9.18 Å². The lowest BCUT2D eigenvalue weighted by Crippen LogP contribution is -2.70. The van der Waals surface area contributed by atoms with Crippen LogP contribution < -0.4 is 15.5 Å². The lowest BCUT2D eigenvalue weighted by molar-refractivity contribution is -0.146. The zero-order valence-corrected chi connectivity index (χ0v) is 20.0. The van der Waals surface area contributed by atoms with Gasteiger partial charge in [0.1, 0.15) is 5.82 Å². The number of carbonyl (C=O) groups excluding carboxylic acids is 1. The van der Waals surface area contributed by atoms with Crippen LogP contribution in [0, 0.1) is 19.7 Å². The van der Waals surface area contributed by atoms with Crippen molar-refractivity contribution in [2.24, 2.45) is 0 Å². The van der Waals surface area contributed by atoms with Gasteiger partial charge in [-0.05, 0) is 25.5 Å². The van der Waals surface area contributed by atoms with Crippen molar-refractivity contribution in [2.45, 2.75) is 26.0 Å². The normalized spacial score (nSPS) is 14.4. The standard InChI is InChI=1S/C23H25FN10O2/c1-14-6-18(29-19-7-15(2)31-32-19)30-22(28-14)33-12-23(13-33,36-3)21(35)26-9-16-4-5-20(25-8-16)34-11-17(24)10-27-34/h4-8,10-11H,9,12-13H2,1-3H3,(H,26,35)(H2,28,29,30,31,32). The largest absolute Gasteiger partial charge is 0.365 e. The van der Waals surface area contributed by atoms with Crippen LogP contribution >= 0.6 is 0 Å². The molecular formula is C23H25FN10O2. The zero-order chi connectivity index (χ0) is 25.3. The first-order valence-corrected chi connectivity index (χ1v) is 11.2. The summed E-state index contributed by atoms with van der Waals surface area (Å²) in [5.41, 5.74) is 1.48. The molecule has 4 aromatic heterocycles. The fourth-order valence-electron chi connectivity index (χ4n) is 3.88. The van der Waals surface area contributed by atoms with Crippen LogP contribution in [0.15, 0.2) is 42.9 Å². The first kappa shape index (κ1) is 23.4. The second-order valence-corrected chi connectivity index (χ2v) is 8.62. The maximum absolute atomic E-state index is 13.2. The van der Waals surface area contributed by atoms with E-state index >= 15 is 0 Å². The predicted molar refractivity (Wildman–Crippen MR) is 128 cm³/mol. The Hall–Kier alpha value is -4.39. The maximum Gasteiger partial charge on any atom is 0.256 e. The van der Waals surface area contributed by atoms with E-state index in [0.717, 1.165) is 23.1 Å². The lowest BCUT2D eigenvalue weighted by atomic mass is 9.93. The molecule has 1 aliphatic heterocycles. The van der Waals surface area contributed by atoms with E-state index in [1.165, 1.54) is 18.0 Å². The van der Waals surface area contributed by atoms with E-state index in [1.807, 2.05) is 30.9 Å². The zero-order valence-electron chi connectivity index (χ0n) is 20.0. The van der Waals surface area contributed by atoms with Crippen molar-refractivity contribution in [1.29, 1.82) is 0 Å². The van der Waals surface area contributed by atoms with Gasteiger partial charge in [-0.1, -0.05) is 6.07 Å². The Morgan fingerprint density at radius 2 is 2.03 bits per heavy atom. The van der Waals surface area contributed by atoms with Crippen molar-refractivity contribution in [3.05, 3.63) is 65.6 Å². The van der Waals surface area contributed by atoms with Crippen LogP contribution in [0.2, 0.25) is 0 Å². The number of hydrogen-bond acceptors (Lipinski definition) is 9. The van der Waals surface area contributed by atoms with Crippen LogP contribution in [0.25, 0.3) is 5.82 Å². The Morgan fingerprint density at radius 1 is 1.19 bits per heavy atom. The summed E-state index contributed by atoms with van der Waals surface area (Å²) in [6, 6.07) is 7.20. The molecule has 0 saturated carbocycles. The third-order valence-electron chi connectivity index (χ3n) is 5.83. The molecule has 0 aliphatic carbocycles. The van der Waals surface area contributed by atoms with Crippen molar-refractivity contribution in [1.82, 2.24) is 40.2 Å². The van der Waals surface area contributed by atoms with Gasteiger partial charge >= 0.3 is 0 Å². The molecule has 186 valence electrons. The number of nitrogens with one attached hydrogen (secondary N) is 3. The third-order valence-corrected chi connectivity index (χ3v) is 5.83. The number of anilines is 3. The van der Waals surface area contributed by atoms with Gasteiger partial charge in [-0.2, -0.15) is 15.2 Å². The molecule has 0 unspecified atom stereocenters. The second kappa shape index (κ2) is 9.34. The summed E-state index contributed by atoms with van der Waals surface area (Å²) in [6.07, 6.45) is 3.96. The average molecular weight is 493 g/mol. The summed E-state index contributed by atoms with van der Waals surface area (Å²) in [5.74, 6) is 1.56. The summed E-state index contributed by atoms with van der Waals surface area (Å²) >= 11 is 0. The number of halogens is 1. The van der Waals surface area contributed by atoms with E-state index in [4.69, 9.17) is 4.74 Å². The van der Waals surface area contributed by atoms with Gasteiger partial charge in [0.2, 0.25) is 5.95 Å². The third kappa shape index (κ3) is 4.73. The molecule has 0 aromatic carbocycles. The van der Waals surface area contributed by atoms with E-state index in [1.54, 1.807) is 18.3 Å². The lowest BCUT2D eigenvalue weighted by Gasteiger charge is -2.47. The molecule has 0 radical (unpaired) electrons. The van der Waals surface area contributed by atoms with Crippen molar-refractivity contribution in [2.75, 3.05) is 30.4 Å². The van der Waals surface area contributed by atoms with E-state index in [0.29, 0.717) is 36.5 Å². The molecule has 1 fully saturated rings. The van der Waals surface area contributed by atoms with Crippen LogP contribution in [0.1, 0.15) is 17.0 Å². The molecule has 0 bridgehead atoms. The van der Waals surface area contributed by atoms with E-state index in [-0.39, 0.29) is 12.5 Å². The number of nitrogens with zero attached hydrogens (tertiary/aromatic N) is 7.